The van der Waals surface area contributed by atoms with Crippen molar-refractivity contribution in [2.75, 3.05) is 0 Å². The number of halogens is 1. The van der Waals surface area contributed by atoms with Gasteiger partial charge in [-0.25, -0.2) is 4.39 Å². The molecule has 0 unspecified atom stereocenters. The van der Waals surface area contributed by atoms with Gasteiger partial charge in [0.05, 0.1) is 0 Å². The maximum absolute atomic E-state index is 12.2. The van der Waals surface area contributed by atoms with E-state index in [1.807, 2.05) is 13.8 Å². The van der Waals surface area contributed by atoms with E-state index in [2.05, 4.69) is 13.2 Å². The normalized spacial score (nSPS) is 9.69. The maximum atomic E-state index is 12.2. The summed E-state index contributed by atoms with van der Waals surface area (Å²) in [6.07, 6.45) is 0.963. The van der Waals surface area contributed by atoms with Crippen LogP contribution in [0.25, 0.3) is 0 Å². The number of nitrogens with two attached hydrogens (primary N) is 1. The maximum Gasteiger partial charge on any atom is 0.249 e. The van der Waals surface area contributed by atoms with Crippen LogP contribution < -0.4 is 5.73 Å². The van der Waals surface area contributed by atoms with Gasteiger partial charge in [0, 0.05) is 5.57 Å². The van der Waals surface area contributed by atoms with Gasteiger partial charge in [-0.3, -0.25) is 4.79 Å². The molecule has 0 aromatic rings. The number of carbonyl (C=O) groups is 1. The van der Waals surface area contributed by atoms with Gasteiger partial charge in [-0.1, -0.05) is 27.0 Å². The fourth-order valence-corrected chi connectivity index (χ4v) is 0.561. The van der Waals surface area contributed by atoms with E-state index in [9.17, 15) is 9.18 Å². The Morgan fingerprint density at radius 3 is 1.85 bits per heavy atom. The topological polar surface area (TPSA) is 43.1 Å². The largest absolute Gasteiger partial charge is 0.366 e. The molecule has 2 N–H and O–H groups in total. The molecule has 0 heterocycles. The van der Waals surface area contributed by atoms with Crippen molar-refractivity contribution in [3.8, 4) is 0 Å². The lowest BCUT2D eigenvalue weighted by Crippen LogP contribution is -2.14. The molecule has 0 aliphatic rings. The summed E-state index contributed by atoms with van der Waals surface area (Å²) < 4.78 is 12.2. The Morgan fingerprint density at radius 2 is 1.77 bits per heavy atom. The molecule has 13 heavy (non-hydrogen) atoms. The minimum Gasteiger partial charge on any atom is -0.366 e. The summed E-state index contributed by atoms with van der Waals surface area (Å²) >= 11 is 0. The molecule has 1 amide bonds. The summed E-state index contributed by atoms with van der Waals surface area (Å²) in [5, 5.41) is 0. The third-order valence-electron chi connectivity index (χ3n) is 1.03. The Hall–Kier alpha value is -1.38. The molecule has 0 aromatic heterocycles. The van der Waals surface area contributed by atoms with Crippen molar-refractivity contribution in [1.29, 1.82) is 0 Å². The van der Waals surface area contributed by atoms with E-state index in [4.69, 9.17) is 5.73 Å². The molecule has 2 nitrogen and oxygen atoms in total. The molecule has 0 atom stereocenters. The van der Waals surface area contributed by atoms with Gasteiger partial charge in [0.1, 0.15) is 5.83 Å². The molecular weight excluding hydrogens is 169 g/mol. The highest BCUT2D eigenvalue weighted by Crippen LogP contribution is 2.09. The lowest BCUT2D eigenvalue weighted by molar-refractivity contribution is -0.114. The van der Waals surface area contributed by atoms with Gasteiger partial charge < -0.3 is 5.73 Å². The smallest absolute Gasteiger partial charge is 0.249 e. The highest BCUT2D eigenvalue weighted by atomic mass is 19.1. The van der Waals surface area contributed by atoms with Gasteiger partial charge in [-0.05, 0) is 18.6 Å². The molecule has 0 fully saturated rings. The van der Waals surface area contributed by atoms with Crippen LogP contribution in [-0.2, 0) is 4.79 Å². The van der Waals surface area contributed by atoms with Gasteiger partial charge in [0.25, 0.3) is 0 Å². The minimum absolute atomic E-state index is 0.0671. The summed E-state index contributed by atoms with van der Waals surface area (Å²) in [4.78, 5) is 10.6. The van der Waals surface area contributed by atoms with E-state index in [1.54, 1.807) is 6.92 Å². The third kappa shape index (κ3) is 7.00. The summed E-state index contributed by atoms with van der Waals surface area (Å²) in [7, 11) is 0. The second-order valence-electron chi connectivity index (χ2n) is 2.15. The lowest BCUT2D eigenvalue weighted by atomic mass is 10.1. The summed E-state index contributed by atoms with van der Waals surface area (Å²) in [5.41, 5.74) is 5.40. The summed E-state index contributed by atoms with van der Waals surface area (Å²) in [5.74, 6) is -1.40. The fraction of sp³-hybridized carbons (Fsp3) is 0.300. The Morgan fingerprint density at radius 1 is 1.38 bits per heavy atom. The predicted octanol–water partition coefficient (Wildman–Crippen LogP) is 2.48. The van der Waals surface area contributed by atoms with Crippen molar-refractivity contribution in [2.45, 2.75) is 20.8 Å². The van der Waals surface area contributed by atoms with Crippen molar-refractivity contribution in [2.24, 2.45) is 5.73 Å². The van der Waals surface area contributed by atoms with E-state index in [0.717, 1.165) is 6.08 Å². The number of primary amides is 1. The molecule has 0 aliphatic heterocycles. The monoisotopic (exact) mass is 185 g/mol. The number of allylic oxidation sites excluding steroid dienone is 2. The van der Waals surface area contributed by atoms with Crippen molar-refractivity contribution in [3.05, 3.63) is 36.2 Å². The van der Waals surface area contributed by atoms with Crippen LogP contribution in [0.3, 0.4) is 0 Å². The Bertz CT molecular complexity index is 225. The van der Waals surface area contributed by atoms with Gasteiger partial charge in [0.15, 0.2) is 0 Å². The van der Waals surface area contributed by atoms with Crippen LogP contribution in [0.4, 0.5) is 4.39 Å². The standard InChI is InChI=1S/C8H10FNO.C2H6/c1-5(2)7(8(10)11)4-6(3)9;1-2/h4H,1,3H2,2H3,(H2,10,11);1-2H3/b7-4+;. The molecular formula is C10H16FNO. The Kier molecular flexibility index (Phi) is 7.93. The van der Waals surface area contributed by atoms with E-state index in [0.29, 0.717) is 5.57 Å². The molecule has 0 aromatic carbocycles. The molecule has 0 radical (unpaired) electrons. The summed E-state index contributed by atoms with van der Waals surface area (Å²) in [6, 6.07) is 0. The van der Waals surface area contributed by atoms with Gasteiger partial charge in [-0.15, -0.1) is 0 Å². The number of hydrogen-bond donors (Lipinski definition) is 1. The fourth-order valence-electron chi connectivity index (χ4n) is 0.561. The van der Waals surface area contributed by atoms with Crippen LogP contribution >= 0.6 is 0 Å². The zero-order chi connectivity index (χ0) is 11.0. The van der Waals surface area contributed by atoms with Crippen LogP contribution in [0, 0.1) is 0 Å². The van der Waals surface area contributed by atoms with Crippen LogP contribution in [0.1, 0.15) is 20.8 Å². The van der Waals surface area contributed by atoms with Crippen LogP contribution in [-0.4, -0.2) is 5.91 Å². The molecule has 0 saturated carbocycles. The van der Waals surface area contributed by atoms with Crippen molar-refractivity contribution >= 4 is 5.91 Å². The summed E-state index contributed by atoms with van der Waals surface area (Å²) in [6.45, 7) is 12.0. The quantitative estimate of drug-likeness (QED) is 0.532. The van der Waals surface area contributed by atoms with Gasteiger partial charge in [0.2, 0.25) is 5.91 Å². The average molecular weight is 185 g/mol. The number of carbonyl (C=O) groups excluding carboxylic acids is 1. The first-order valence-electron chi connectivity index (χ1n) is 3.97. The highest BCUT2D eigenvalue weighted by Gasteiger charge is 2.04. The van der Waals surface area contributed by atoms with E-state index in [1.165, 1.54) is 0 Å². The van der Waals surface area contributed by atoms with Crippen LogP contribution in [0.5, 0.6) is 0 Å². The second-order valence-corrected chi connectivity index (χ2v) is 2.15. The van der Waals surface area contributed by atoms with E-state index in [-0.39, 0.29) is 5.57 Å². The number of amides is 1. The Balaban J connectivity index is 0. The minimum atomic E-state index is -0.707. The predicted molar refractivity (Wildman–Crippen MR) is 53.7 cm³/mol. The average Bonchev–Trinajstić information content (AvgIpc) is 2.03. The molecule has 0 saturated heterocycles. The molecule has 0 bridgehead atoms. The lowest BCUT2D eigenvalue weighted by Gasteiger charge is -1.99. The van der Waals surface area contributed by atoms with Gasteiger partial charge in [-0.2, -0.15) is 0 Å². The van der Waals surface area contributed by atoms with Crippen molar-refractivity contribution in [3.63, 3.8) is 0 Å². The van der Waals surface area contributed by atoms with Crippen LogP contribution in [0.15, 0.2) is 36.2 Å². The first-order chi connectivity index (χ1) is 5.95. The Labute approximate surface area is 78.6 Å². The van der Waals surface area contributed by atoms with E-state index >= 15 is 0 Å². The highest BCUT2D eigenvalue weighted by molar-refractivity contribution is 5.96. The molecule has 74 valence electrons. The van der Waals surface area contributed by atoms with Crippen LogP contribution in [0.2, 0.25) is 0 Å². The molecule has 3 heteroatoms. The van der Waals surface area contributed by atoms with Gasteiger partial charge >= 0.3 is 0 Å². The van der Waals surface area contributed by atoms with Crippen molar-refractivity contribution < 1.29 is 9.18 Å². The zero-order valence-corrected chi connectivity index (χ0v) is 8.36. The number of hydrogen-bond acceptors (Lipinski definition) is 1. The SMILES string of the molecule is C=C(F)/C=C(\C(=C)C)C(N)=O.CC. The third-order valence-corrected chi connectivity index (χ3v) is 1.03. The molecule has 0 spiro atoms. The van der Waals surface area contributed by atoms with Crippen molar-refractivity contribution in [1.82, 2.24) is 0 Å². The zero-order valence-electron chi connectivity index (χ0n) is 8.36. The first kappa shape index (κ1) is 14.2. The van der Waals surface area contributed by atoms with E-state index < -0.39 is 11.7 Å². The second kappa shape index (κ2) is 7.28. The molecule has 0 aliphatic carbocycles. The number of rotatable bonds is 3. The molecule has 0 rings (SSSR count). The first-order valence-corrected chi connectivity index (χ1v) is 3.97.